The van der Waals surface area contributed by atoms with Crippen LogP contribution in [0.5, 0.6) is 5.75 Å². The Hall–Kier alpha value is -3.95. The van der Waals surface area contributed by atoms with Crippen LogP contribution in [0.4, 0.5) is 17.2 Å². The predicted molar refractivity (Wildman–Crippen MR) is 135 cm³/mol. The van der Waals surface area contributed by atoms with Crippen molar-refractivity contribution >= 4 is 17.2 Å². The molecular formula is C30H22N3NiO-. The Morgan fingerprint density at radius 3 is 2.29 bits per heavy atom. The molecule has 1 aliphatic rings. The standard InChI is InChI=1S/C30H22N3O.Ni/c34-28-11-5-4-10-25(28)27-18-16-22-14-13-21-15-17-24(20-26(21)30(22)32-27)33(23-8-2-1-3-9-23)29-12-6-7-19-31-29;/h1-12,15-19,34H,13-14H2;/q-1;. The van der Waals surface area contributed by atoms with Gasteiger partial charge in [-0.25, -0.2) is 4.98 Å². The Bertz CT molecular complexity index is 1430. The molecule has 0 amide bonds. The van der Waals surface area contributed by atoms with Gasteiger partial charge in [-0.1, -0.05) is 54.4 Å². The Kier molecular flexibility index (Phi) is 6.35. The third-order valence-corrected chi connectivity index (χ3v) is 6.21. The number of rotatable bonds is 4. The van der Waals surface area contributed by atoms with E-state index in [-0.39, 0.29) is 22.2 Å². The molecule has 174 valence electrons. The van der Waals surface area contributed by atoms with Gasteiger partial charge in [-0.2, -0.15) is 0 Å². The second-order valence-electron chi connectivity index (χ2n) is 8.32. The third kappa shape index (κ3) is 4.31. The molecule has 0 radical (unpaired) electrons. The van der Waals surface area contributed by atoms with E-state index in [9.17, 15) is 5.11 Å². The number of phenolic OH excluding ortho intramolecular Hbond substituents is 1. The molecule has 6 rings (SSSR count). The molecule has 0 aliphatic heterocycles. The number of pyridine rings is 2. The Balaban J connectivity index is 0.00000253. The van der Waals surface area contributed by atoms with E-state index in [0.717, 1.165) is 52.5 Å². The quantitative estimate of drug-likeness (QED) is 0.216. The smallest absolute Gasteiger partial charge is 0.136 e. The summed E-state index contributed by atoms with van der Waals surface area (Å²) in [6.07, 6.45) is 3.69. The normalized spacial score (nSPS) is 11.7. The molecule has 0 saturated carbocycles. The average Bonchev–Trinajstić information content (AvgIpc) is 2.90. The zero-order valence-corrected chi connectivity index (χ0v) is 19.8. The third-order valence-electron chi connectivity index (χ3n) is 6.21. The molecule has 2 aromatic heterocycles. The molecule has 0 atom stereocenters. The maximum Gasteiger partial charge on any atom is 0.136 e. The Morgan fingerprint density at radius 2 is 1.49 bits per heavy atom. The van der Waals surface area contributed by atoms with Crippen LogP contribution in [0.2, 0.25) is 0 Å². The maximum absolute atomic E-state index is 10.4. The number of aromatic nitrogens is 2. The van der Waals surface area contributed by atoms with Crippen LogP contribution in [0, 0.1) is 6.07 Å². The summed E-state index contributed by atoms with van der Waals surface area (Å²) in [4.78, 5) is 11.7. The minimum Gasteiger partial charge on any atom is -0.507 e. The molecule has 0 spiro atoms. The first-order chi connectivity index (χ1) is 16.8. The summed E-state index contributed by atoms with van der Waals surface area (Å²) in [7, 11) is 0. The number of para-hydroxylation sites is 2. The van der Waals surface area contributed by atoms with E-state index >= 15 is 0 Å². The molecule has 35 heavy (non-hydrogen) atoms. The van der Waals surface area contributed by atoms with Gasteiger partial charge in [0.2, 0.25) is 0 Å². The molecule has 3 aromatic carbocycles. The van der Waals surface area contributed by atoms with E-state index < -0.39 is 0 Å². The van der Waals surface area contributed by atoms with Crippen molar-refractivity contribution in [3.63, 3.8) is 0 Å². The summed E-state index contributed by atoms with van der Waals surface area (Å²) in [5.41, 5.74) is 7.78. The van der Waals surface area contributed by atoms with Crippen molar-refractivity contribution in [2.24, 2.45) is 0 Å². The molecule has 2 heterocycles. The molecule has 1 aliphatic carbocycles. The van der Waals surface area contributed by atoms with Crippen molar-refractivity contribution in [1.82, 2.24) is 9.97 Å². The van der Waals surface area contributed by atoms with Gasteiger partial charge in [-0.05, 0) is 60.3 Å². The molecule has 0 unspecified atom stereocenters. The van der Waals surface area contributed by atoms with E-state index in [2.05, 4.69) is 46.3 Å². The van der Waals surface area contributed by atoms with Gasteiger partial charge in [0.15, 0.2) is 0 Å². The number of nitrogens with zero attached hydrogens (tertiary/aromatic N) is 3. The number of aromatic hydroxyl groups is 1. The first-order valence-corrected chi connectivity index (χ1v) is 11.4. The van der Waals surface area contributed by atoms with Gasteiger partial charge in [-0.3, -0.25) is 4.98 Å². The fourth-order valence-corrected chi connectivity index (χ4v) is 4.54. The van der Waals surface area contributed by atoms with Gasteiger partial charge in [0.05, 0.1) is 5.69 Å². The van der Waals surface area contributed by atoms with E-state index in [1.807, 2.05) is 60.7 Å². The van der Waals surface area contributed by atoms with Crippen molar-refractivity contribution in [2.75, 3.05) is 4.90 Å². The summed E-state index contributed by atoms with van der Waals surface area (Å²) in [5.74, 6) is 1.06. The number of aryl methyl sites for hydroxylation is 2. The minimum atomic E-state index is 0. The Labute approximate surface area is 214 Å². The SMILES string of the molecule is Oc1ccccc1-c1ccc2c(n1)-c1[c-]c(N(c3ccccc3)c3ccccn3)ccc1CC2.[Ni]. The van der Waals surface area contributed by atoms with E-state index in [0.29, 0.717) is 0 Å². The Morgan fingerprint density at radius 1 is 0.743 bits per heavy atom. The maximum atomic E-state index is 10.4. The first-order valence-electron chi connectivity index (χ1n) is 11.4. The molecule has 0 saturated heterocycles. The zero-order chi connectivity index (χ0) is 22.9. The average molecular weight is 499 g/mol. The van der Waals surface area contributed by atoms with Crippen molar-refractivity contribution in [1.29, 1.82) is 0 Å². The van der Waals surface area contributed by atoms with Gasteiger partial charge >= 0.3 is 0 Å². The topological polar surface area (TPSA) is 49.3 Å². The van der Waals surface area contributed by atoms with Crippen molar-refractivity contribution in [3.8, 4) is 28.3 Å². The fraction of sp³-hybridized carbons (Fsp3) is 0.0667. The summed E-state index contributed by atoms with van der Waals surface area (Å²) in [6, 6.07) is 35.5. The van der Waals surface area contributed by atoms with Gasteiger partial charge < -0.3 is 10.0 Å². The molecule has 0 fully saturated rings. The molecule has 4 nitrogen and oxygen atoms in total. The van der Waals surface area contributed by atoms with Crippen LogP contribution in [-0.4, -0.2) is 15.1 Å². The van der Waals surface area contributed by atoms with E-state index in [1.165, 1.54) is 11.1 Å². The summed E-state index contributed by atoms with van der Waals surface area (Å²) in [6.45, 7) is 0. The number of hydrogen-bond acceptors (Lipinski definition) is 4. The first kappa shape index (κ1) is 22.8. The van der Waals surface area contributed by atoms with Crippen molar-refractivity contribution in [3.05, 3.63) is 120 Å². The molecular weight excluding hydrogens is 477 g/mol. The van der Waals surface area contributed by atoms with Crippen LogP contribution in [0.25, 0.3) is 22.5 Å². The summed E-state index contributed by atoms with van der Waals surface area (Å²) in [5, 5.41) is 10.4. The predicted octanol–water partition coefficient (Wildman–Crippen LogP) is 6.88. The number of fused-ring (bicyclic) bond motifs is 3. The van der Waals surface area contributed by atoms with Crippen LogP contribution in [-0.2, 0) is 29.3 Å². The largest absolute Gasteiger partial charge is 0.507 e. The van der Waals surface area contributed by atoms with Crippen LogP contribution in [0.15, 0.2) is 103 Å². The molecule has 0 bridgehead atoms. The monoisotopic (exact) mass is 498 g/mol. The zero-order valence-electron chi connectivity index (χ0n) is 18.8. The van der Waals surface area contributed by atoms with Crippen LogP contribution in [0.3, 0.4) is 0 Å². The second-order valence-corrected chi connectivity index (χ2v) is 8.32. The number of benzene rings is 3. The van der Waals surface area contributed by atoms with Gasteiger partial charge in [0.1, 0.15) is 11.6 Å². The molecule has 5 aromatic rings. The van der Waals surface area contributed by atoms with Crippen LogP contribution >= 0.6 is 0 Å². The van der Waals surface area contributed by atoms with E-state index in [4.69, 9.17) is 4.98 Å². The minimum absolute atomic E-state index is 0. The molecule has 1 N–H and O–H groups in total. The van der Waals surface area contributed by atoms with Crippen LogP contribution in [0.1, 0.15) is 11.1 Å². The van der Waals surface area contributed by atoms with Crippen molar-refractivity contribution < 1.29 is 21.6 Å². The van der Waals surface area contributed by atoms with Gasteiger partial charge in [0, 0.05) is 33.9 Å². The number of phenols is 1. The van der Waals surface area contributed by atoms with Gasteiger partial charge in [-0.15, -0.1) is 29.3 Å². The van der Waals surface area contributed by atoms with Gasteiger partial charge in [0.25, 0.3) is 0 Å². The fourth-order valence-electron chi connectivity index (χ4n) is 4.54. The number of hydrogen-bond donors (Lipinski definition) is 1. The molecule has 5 heteroatoms. The van der Waals surface area contributed by atoms with Crippen molar-refractivity contribution in [2.45, 2.75) is 12.8 Å². The number of anilines is 3. The summed E-state index contributed by atoms with van der Waals surface area (Å²) >= 11 is 0. The summed E-state index contributed by atoms with van der Waals surface area (Å²) < 4.78 is 0. The van der Waals surface area contributed by atoms with Crippen LogP contribution < -0.4 is 4.90 Å². The van der Waals surface area contributed by atoms with E-state index in [1.54, 1.807) is 12.3 Å². The second kappa shape index (κ2) is 9.73.